The minimum absolute atomic E-state index is 0.629. The van der Waals surface area contributed by atoms with Crippen LogP contribution < -0.4 is 4.90 Å². The van der Waals surface area contributed by atoms with E-state index in [0.717, 1.165) is 39.1 Å². The SMILES string of the molecule is c1ccc(-c2nc(-c3ccccc3)nc(-c3cccc(-n4c5ccccc5c5cc(-c6ccc7c(c6)Sc6ccccc6N7c6ccc7ccccc7c6)ccc54)c3)n2)cc1. The van der Waals surface area contributed by atoms with Gasteiger partial charge in [0, 0.05) is 48.6 Å². The van der Waals surface area contributed by atoms with Gasteiger partial charge in [0.25, 0.3) is 0 Å². The first-order chi connectivity index (χ1) is 30.2. The summed E-state index contributed by atoms with van der Waals surface area (Å²) in [5.41, 5.74) is 12.0. The molecule has 9 aromatic carbocycles. The van der Waals surface area contributed by atoms with Gasteiger partial charge in [0.2, 0.25) is 0 Å². The second kappa shape index (κ2) is 14.5. The van der Waals surface area contributed by atoms with Gasteiger partial charge in [0.1, 0.15) is 0 Å². The molecule has 0 bridgehead atoms. The summed E-state index contributed by atoms with van der Waals surface area (Å²) in [5, 5.41) is 4.87. The van der Waals surface area contributed by atoms with Crippen molar-refractivity contribution < 1.29 is 0 Å². The van der Waals surface area contributed by atoms with Crippen molar-refractivity contribution in [2.45, 2.75) is 9.79 Å². The molecule has 286 valence electrons. The van der Waals surface area contributed by atoms with Gasteiger partial charge in [0.15, 0.2) is 17.5 Å². The topological polar surface area (TPSA) is 46.8 Å². The molecule has 0 spiro atoms. The molecule has 1 aliphatic heterocycles. The molecule has 0 saturated heterocycles. The number of hydrogen-bond acceptors (Lipinski definition) is 5. The minimum atomic E-state index is 0.629. The van der Waals surface area contributed by atoms with E-state index in [4.69, 9.17) is 15.0 Å². The van der Waals surface area contributed by atoms with E-state index in [1.807, 2.05) is 72.4 Å². The highest BCUT2D eigenvalue weighted by atomic mass is 32.2. The second-order valence-electron chi connectivity index (χ2n) is 15.3. The molecule has 0 aliphatic carbocycles. The number of fused-ring (bicyclic) bond motifs is 6. The maximum atomic E-state index is 5.03. The van der Waals surface area contributed by atoms with Crippen molar-refractivity contribution in [2.75, 3.05) is 4.90 Å². The van der Waals surface area contributed by atoms with Crippen molar-refractivity contribution in [3.63, 3.8) is 0 Å². The molecule has 0 amide bonds. The summed E-state index contributed by atoms with van der Waals surface area (Å²) in [5.74, 6) is 1.92. The number of para-hydroxylation sites is 2. The van der Waals surface area contributed by atoms with Crippen LogP contribution in [0.2, 0.25) is 0 Å². The van der Waals surface area contributed by atoms with Gasteiger partial charge >= 0.3 is 0 Å². The molecule has 2 aromatic heterocycles. The Labute approximate surface area is 357 Å². The quantitative estimate of drug-likeness (QED) is 0.168. The second-order valence-corrected chi connectivity index (χ2v) is 16.4. The molecule has 6 heteroatoms. The molecular formula is C55H35N5S. The van der Waals surface area contributed by atoms with Gasteiger partial charge in [-0.3, -0.25) is 0 Å². The van der Waals surface area contributed by atoms with Crippen LogP contribution in [0.3, 0.4) is 0 Å². The fraction of sp³-hybridized carbons (Fsp3) is 0. The lowest BCUT2D eigenvalue weighted by molar-refractivity contribution is 1.07. The average Bonchev–Trinajstić information content (AvgIpc) is 3.67. The van der Waals surface area contributed by atoms with E-state index < -0.39 is 0 Å². The largest absolute Gasteiger partial charge is 0.309 e. The Morgan fingerprint density at radius 3 is 1.74 bits per heavy atom. The number of benzene rings is 9. The van der Waals surface area contributed by atoms with Gasteiger partial charge in [-0.25, -0.2) is 15.0 Å². The fourth-order valence-corrected chi connectivity index (χ4v) is 9.78. The molecule has 0 atom stereocenters. The van der Waals surface area contributed by atoms with E-state index in [9.17, 15) is 0 Å². The summed E-state index contributed by atoms with van der Waals surface area (Å²) in [6, 6.07) is 75.3. The molecule has 3 heterocycles. The van der Waals surface area contributed by atoms with E-state index in [-0.39, 0.29) is 0 Å². The van der Waals surface area contributed by atoms with Crippen molar-refractivity contribution in [1.29, 1.82) is 0 Å². The maximum absolute atomic E-state index is 5.03. The lowest BCUT2D eigenvalue weighted by Gasteiger charge is -2.33. The summed E-state index contributed by atoms with van der Waals surface area (Å²) in [4.78, 5) is 19.9. The van der Waals surface area contributed by atoms with Gasteiger partial charge in [-0.1, -0.05) is 157 Å². The molecule has 12 rings (SSSR count). The van der Waals surface area contributed by atoms with Gasteiger partial charge < -0.3 is 9.47 Å². The lowest BCUT2D eigenvalue weighted by atomic mass is 10.0. The third-order valence-corrected chi connectivity index (χ3v) is 12.7. The van der Waals surface area contributed by atoms with Crippen molar-refractivity contribution in [3.05, 3.63) is 212 Å². The third-order valence-electron chi connectivity index (χ3n) is 11.6. The van der Waals surface area contributed by atoms with Gasteiger partial charge in [-0.2, -0.15) is 0 Å². The molecule has 0 saturated carbocycles. The first-order valence-corrected chi connectivity index (χ1v) is 21.2. The zero-order chi connectivity index (χ0) is 40.3. The first-order valence-electron chi connectivity index (χ1n) is 20.4. The molecule has 0 radical (unpaired) electrons. The summed E-state index contributed by atoms with van der Waals surface area (Å²) in [6.07, 6.45) is 0. The Kier molecular flexibility index (Phi) is 8.35. The maximum Gasteiger partial charge on any atom is 0.164 e. The fourth-order valence-electron chi connectivity index (χ4n) is 8.68. The Bertz CT molecular complexity index is 3410. The Balaban J connectivity index is 0.955. The molecule has 5 nitrogen and oxygen atoms in total. The Hall–Kier alpha value is -7.80. The van der Waals surface area contributed by atoms with E-state index >= 15 is 0 Å². The number of hydrogen-bond donors (Lipinski definition) is 0. The highest BCUT2D eigenvalue weighted by Gasteiger charge is 2.26. The highest BCUT2D eigenvalue weighted by Crippen LogP contribution is 2.52. The molecule has 0 N–H and O–H groups in total. The first kappa shape index (κ1) is 35.2. The van der Waals surface area contributed by atoms with Crippen LogP contribution in [-0.4, -0.2) is 19.5 Å². The summed E-state index contributed by atoms with van der Waals surface area (Å²) in [6.45, 7) is 0. The van der Waals surface area contributed by atoms with Crippen LogP contribution in [0.4, 0.5) is 17.1 Å². The predicted octanol–water partition coefficient (Wildman–Crippen LogP) is 14.7. The minimum Gasteiger partial charge on any atom is -0.309 e. The Morgan fingerprint density at radius 2 is 0.934 bits per heavy atom. The molecule has 61 heavy (non-hydrogen) atoms. The molecule has 0 unspecified atom stereocenters. The monoisotopic (exact) mass is 797 g/mol. The van der Waals surface area contributed by atoms with Gasteiger partial charge in [0.05, 0.1) is 22.4 Å². The smallest absolute Gasteiger partial charge is 0.164 e. The van der Waals surface area contributed by atoms with Gasteiger partial charge in [-0.05, 0) is 88.6 Å². The van der Waals surface area contributed by atoms with E-state index in [0.29, 0.717) is 17.5 Å². The van der Waals surface area contributed by atoms with Crippen LogP contribution >= 0.6 is 11.8 Å². The van der Waals surface area contributed by atoms with Crippen LogP contribution in [-0.2, 0) is 0 Å². The summed E-state index contributed by atoms with van der Waals surface area (Å²) >= 11 is 1.84. The predicted molar refractivity (Wildman–Crippen MR) is 252 cm³/mol. The van der Waals surface area contributed by atoms with Crippen LogP contribution in [0, 0.1) is 0 Å². The van der Waals surface area contributed by atoms with Crippen LogP contribution in [0.25, 0.3) is 83.6 Å². The molecular weight excluding hydrogens is 763 g/mol. The third kappa shape index (κ3) is 6.15. The van der Waals surface area contributed by atoms with Crippen molar-refractivity contribution >= 4 is 61.4 Å². The number of rotatable bonds is 6. The lowest BCUT2D eigenvalue weighted by Crippen LogP contribution is -2.14. The molecule has 1 aliphatic rings. The molecule has 11 aromatic rings. The zero-order valence-corrected chi connectivity index (χ0v) is 33.7. The van der Waals surface area contributed by atoms with Crippen LogP contribution in [0.1, 0.15) is 0 Å². The highest BCUT2D eigenvalue weighted by molar-refractivity contribution is 7.99. The number of anilines is 3. The number of aromatic nitrogens is 4. The van der Waals surface area contributed by atoms with E-state index in [1.165, 1.54) is 53.8 Å². The zero-order valence-electron chi connectivity index (χ0n) is 32.9. The van der Waals surface area contributed by atoms with Crippen LogP contribution in [0.5, 0.6) is 0 Å². The standard InChI is InChI=1S/C55H35N5S/c1-3-15-37(16-4-1)53-56-54(38-17-5-2-6-18-38)58-55(57-53)42-20-13-21-43(33-42)59-47-23-10-9-22-45(47)46-34-40(27-30-48(46)59)41-28-31-50-52(35-41)61-51-25-12-11-24-49(51)60(50)44-29-26-36-14-7-8-19-39(36)32-44/h1-35H. The van der Waals surface area contributed by atoms with E-state index in [2.05, 4.69) is 161 Å². The average molecular weight is 798 g/mol. The van der Waals surface area contributed by atoms with Crippen molar-refractivity contribution in [3.8, 4) is 51.0 Å². The van der Waals surface area contributed by atoms with Crippen LogP contribution in [0.15, 0.2) is 222 Å². The van der Waals surface area contributed by atoms with Crippen molar-refractivity contribution in [2.24, 2.45) is 0 Å². The summed E-state index contributed by atoms with van der Waals surface area (Å²) in [7, 11) is 0. The van der Waals surface area contributed by atoms with E-state index in [1.54, 1.807) is 0 Å². The van der Waals surface area contributed by atoms with Gasteiger partial charge in [-0.15, -0.1) is 0 Å². The van der Waals surface area contributed by atoms with Crippen molar-refractivity contribution in [1.82, 2.24) is 19.5 Å². The molecule has 0 fully saturated rings. The summed E-state index contributed by atoms with van der Waals surface area (Å²) < 4.78 is 2.36. The normalized spacial score (nSPS) is 12.2. The number of nitrogens with zero attached hydrogens (tertiary/aromatic N) is 5. The Morgan fingerprint density at radius 1 is 0.328 bits per heavy atom.